The van der Waals surface area contributed by atoms with Crippen molar-refractivity contribution < 1.29 is 29.3 Å². The molecule has 1 saturated heterocycles. The first-order valence-corrected chi connectivity index (χ1v) is 11.2. The van der Waals surface area contributed by atoms with Gasteiger partial charge in [0.25, 0.3) is 0 Å². The smallest absolute Gasteiger partial charge is 0.407 e. The van der Waals surface area contributed by atoms with Gasteiger partial charge in [0.2, 0.25) is 5.91 Å². The summed E-state index contributed by atoms with van der Waals surface area (Å²) in [5.74, 6) is -1.31. The van der Waals surface area contributed by atoms with E-state index in [4.69, 9.17) is 9.84 Å². The van der Waals surface area contributed by atoms with Crippen molar-refractivity contribution in [1.82, 2.24) is 10.2 Å². The molecule has 2 aromatic rings. The predicted molar refractivity (Wildman–Crippen MR) is 121 cm³/mol. The maximum absolute atomic E-state index is 12.5. The second kappa shape index (κ2) is 10.0. The number of aliphatic hydroxyl groups excluding tert-OH is 1. The van der Waals surface area contributed by atoms with Crippen LogP contribution in [0.5, 0.6) is 0 Å². The molecule has 1 aliphatic heterocycles. The van der Waals surface area contributed by atoms with E-state index in [0.717, 1.165) is 28.7 Å². The number of carboxylic acids is 1. The number of fused-ring (bicyclic) bond motifs is 3. The van der Waals surface area contributed by atoms with Crippen LogP contribution in [0.15, 0.2) is 48.5 Å². The van der Waals surface area contributed by atoms with Crippen molar-refractivity contribution in [2.45, 2.75) is 43.7 Å². The van der Waals surface area contributed by atoms with Crippen molar-refractivity contribution in [2.75, 3.05) is 19.7 Å². The average Bonchev–Trinajstić information content (AvgIpc) is 3.38. The number of ether oxygens (including phenoxy) is 1. The molecule has 3 N–H and O–H groups in total. The molecule has 0 saturated carbocycles. The van der Waals surface area contributed by atoms with Gasteiger partial charge in [0.1, 0.15) is 6.61 Å². The highest BCUT2D eigenvalue weighted by Crippen LogP contribution is 2.44. The lowest BCUT2D eigenvalue weighted by molar-refractivity contribution is -0.140. The van der Waals surface area contributed by atoms with Gasteiger partial charge in [-0.25, -0.2) is 4.79 Å². The molecule has 2 atom stereocenters. The summed E-state index contributed by atoms with van der Waals surface area (Å²) in [7, 11) is 0. The number of likely N-dealkylation sites (tertiary alicyclic amines) is 1. The van der Waals surface area contributed by atoms with E-state index in [1.54, 1.807) is 0 Å². The monoisotopic (exact) mass is 452 g/mol. The van der Waals surface area contributed by atoms with E-state index in [1.165, 1.54) is 4.90 Å². The number of carbonyl (C=O) groups excluding carboxylic acids is 2. The number of aliphatic hydroxyl groups is 1. The number of rotatable bonds is 8. The van der Waals surface area contributed by atoms with Crippen LogP contribution >= 0.6 is 0 Å². The molecule has 2 amide bonds. The number of hydrogen-bond donors (Lipinski definition) is 3. The van der Waals surface area contributed by atoms with Crippen molar-refractivity contribution in [2.24, 2.45) is 0 Å². The molecule has 0 radical (unpaired) electrons. The van der Waals surface area contributed by atoms with Crippen LogP contribution in [0, 0.1) is 0 Å². The number of nitrogens with zero attached hydrogens (tertiary/aromatic N) is 1. The zero-order chi connectivity index (χ0) is 23.4. The molecule has 0 spiro atoms. The Balaban J connectivity index is 1.25. The van der Waals surface area contributed by atoms with Crippen LogP contribution in [0.1, 0.15) is 42.7 Å². The molecular formula is C25H28N2O6. The zero-order valence-electron chi connectivity index (χ0n) is 18.3. The molecule has 33 heavy (non-hydrogen) atoms. The Morgan fingerprint density at radius 3 is 2.33 bits per heavy atom. The van der Waals surface area contributed by atoms with Gasteiger partial charge in [0.05, 0.1) is 18.9 Å². The van der Waals surface area contributed by atoms with E-state index < -0.39 is 18.2 Å². The normalized spacial score (nSPS) is 17.8. The molecule has 4 rings (SSSR count). The van der Waals surface area contributed by atoms with E-state index in [1.807, 2.05) is 36.4 Å². The summed E-state index contributed by atoms with van der Waals surface area (Å²) in [5.41, 5.74) is 4.50. The molecule has 2 aromatic carbocycles. The summed E-state index contributed by atoms with van der Waals surface area (Å²) < 4.78 is 5.43. The number of carbonyl (C=O) groups is 3. The zero-order valence-corrected chi connectivity index (χ0v) is 18.3. The molecule has 8 heteroatoms. The molecule has 0 bridgehead atoms. The highest BCUT2D eigenvalue weighted by Gasteiger charge is 2.32. The molecular weight excluding hydrogens is 424 g/mol. The summed E-state index contributed by atoms with van der Waals surface area (Å²) in [6, 6.07) is 15.8. The van der Waals surface area contributed by atoms with Crippen molar-refractivity contribution in [3.8, 4) is 11.1 Å². The fourth-order valence-corrected chi connectivity index (χ4v) is 4.82. The van der Waals surface area contributed by atoms with Gasteiger partial charge < -0.3 is 25.2 Å². The SMILES string of the molecule is O=C(O)C[C@H]1CCCN1C(=O)CC(O)CNC(=O)OCC1c2ccccc2-c2ccccc21. The minimum Gasteiger partial charge on any atom is -0.481 e. The molecule has 174 valence electrons. The number of nitrogens with one attached hydrogen (secondary N) is 1. The Hall–Kier alpha value is -3.39. The highest BCUT2D eigenvalue weighted by molar-refractivity contribution is 5.79. The van der Waals surface area contributed by atoms with Crippen LogP contribution in [-0.4, -0.2) is 64.9 Å². The molecule has 8 nitrogen and oxygen atoms in total. The summed E-state index contributed by atoms with van der Waals surface area (Å²) in [6.07, 6.45) is -0.624. The topological polar surface area (TPSA) is 116 Å². The van der Waals surface area contributed by atoms with Crippen LogP contribution in [0.3, 0.4) is 0 Å². The second-order valence-corrected chi connectivity index (χ2v) is 8.55. The van der Waals surface area contributed by atoms with E-state index in [0.29, 0.717) is 13.0 Å². The third kappa shape index (κ3) is 5.17. The Kier molecular flexibility index (Phi) is 6.93. The number of alkyl carbamates (subject to hydrolysis) is 1. The summed E-state index contributed by atoms with van der Waals surface area (Å²) >= 11 is 0. The lowest BCUT2D eigenvalue weighted by Gasteiger charge is -2.24. The fourth-order valence-electron chi connectivity index (χ4n) is 4.82. The van der Waals surface area contributed by atoms with Crippen molar-refractivity contribution in [1.29, 1.82) is 0 Å². The molecule has 2 aliphatic rings. The Labute approximate surface area is 192 Å². The minimum absolute atomic E-state index is 0.0593. The van der Waals surface area contributed by atoms with Gasteiger partial charge in [0, 0.05) is 25.0 Å². The largest absolute Gasteiger partial charge is 0.481 e. The van der Waals surface area contributed by atoms with Crippen LogP contribution in [0.2, 0.25) is 0 Å². The average molecular weight is 453 g/mol. The number of amides is 2. The first kappa shape index (κ1) is 22.8. The van der Waals surface area contributed by atoms with Gasteiger partial charge in [0.15, 0.2) is 0 Å². The van der Waals surface area contributed by atoms with Crippen molar-refractivity contribution in [3.05, 3.63) is 59.7 Å². The van der Waals surface area contributed by atoms with Crippen LogP contribution < -0.4 is 5.32 Å². The Bertz CT molecular complexity index is 994. The lowest BCUT2D eigenvalue weighted by atomic mass is 9.98. The van der Waals surface area contributed by atoms with Gasteiger partial charge in [-0.05, 0) is 35.1 Å². The maximum atomic E-state index is 12.5. The fraction of sp³-hybridized carbons (Fsp3) is 0.400. The molecule has 1 heterocycles. The number of carboxylic acid groups (broad SMARTS) is 1. The third-order valence-corrected chi connectivity index (χ3v) is 6.34. The highest BCUT2D eigenvalue weighted by atomic mass is 16.5. The Morgan fingerprint density at radius 1 is 1.06 bits per heavy atom. The summed E-state index contributed by atoms with van der Waals surface area (Å²) in [5, 5.41) is 21.7. The van der Waals surface area contributed by atoms with E-state index in [2.05, 4.69) is 17.4 Å². The summed E-state index contributed by atoms with van der Waals surface area (Å²) in [6.45, 7) is 0.530. The number of aliphatic carboxylic acids is 1. The first-order chi connectivity index (χ1) is 15.9. The molecule has 1 aliphatic carbocycles. The maximum Gasteiger partial charge on any atom is 0.407 e. The third-order valence-electron chi connectivity index (χ3n) is 6.34. The summed E-state index contributed by atoms with van der Waals surface area (Å²) in [4.78, 5) is 37.2. The first-order valence-electron chi connectivity index (χ1n) is 11.2. The predicted octanol–water partition coefficient (Wildman–Crippen LogP) is 2.74. The van der Waals surface area contributed by atoms with Gasteiger partial charge >= 0.3 is 12.1 Å². The minimum atomic E-state index is -1.08. The van der Waals surface area contributed by atoms with Crippen LogP contribution in [0.4, 0.5) is 4.79 Å². The van der Waals surface area contributed by atoms with E-state index in [9.17, 15) is 19.5 Å². The number of benzene rings is 2. The Morgan fingerprint density at radius 2 is 1.70 bits per heavy atom. The quantitative estimate of drug-likeness (QED) is 0.567. The van der Waals surface area contributed by atoms with Gasteiger partial charge in [-0.2, -0.15) is 0 Å². The lowest BCUT2D eigenvalue weighted by Crippen LogP contribution is -2.41. The van der Waals surface area contributed by atoms with Gasteiger partial charge in [-0.15, -0.1) is 0 Å². The van der Waals surface area contributed by atoms with E-state index >= 15 is 0 Å². The standard InChI is InChI=1S/C25H28N2O6/c28-17(13-23(29)27-11-5-6-16(27)12-24(30)31)14-26-25(32)33-15-22-20-9-3-1-7-18(20)19-8-2-4-10-21(19)22/h1-4,7-10,16-17,22,28H,5-6,11-15H2,(H,26,32)(H,30,31)/t16-,17?/m1/s1. The molecule has 0 aromatic heterocycles. The van der Waals surface area contributed by atoms with Gasteiger partial charge in [-0.3, -0.25) is 9.59 Å². The second-order valence-electron chi connectivity index (χ2n) is 8.55. The molecule has 1 fully saturated rings. The van der Waals surface area contributed by atoms with Crippen LogP contribution in [0.25, 0.3) is 11.1 Å². The van der Waals surface area contributed by atoms with Crippen molar-refractivity contribution in [3.63, 3.8) is 0 Å². The van der Waals surface area contributed by atoms with Crippen LogP contribution in [-0.2, 0) is 14.3 Å². The van der Waals surface area contributed by atoms with Gasteiger partial charge in [-0.1, -0.05) is 48.5 Å². The number of hydrogen-bond acceptors (Lipinski definition) is 5. The molecule has 1 unspecified atom stereocenters. The van der Waals surface area contributed by atoms with Crippen molar-refractivity contribution >= 4 is 18.0 Å². The van der Waals surface area contributed by atoms with E-state index in [-0.39, 0.29) is 43.9 Å².